The lowest BCUT2D eigenvalue weighted by molar-refractivity contribution is 0.232. The maximum atomic E-state index is 5.31. The molecule has 1 aliphatic rings. The zero-order valence-electron chi connectivity index (χ0n) is 14.3. The van der Waals surface area contributed by atoms with Crippen molar-refractivity contribution in [3.8, 4) is 11.8 Å². The van der Waals surface area contributed by atoms with E-state index in [2.05, 4.69) is 34.2 Å². The lowest BCUT2D eigenvalue weighted by atomic mass is 9.75. The SMILES string of the molecule is COc1cc(NC2CCC(C)(C)CC2)nc(-n2ccc(C)n2)n1. The first-order valence-electron chi connectivity index (χ1n) is 8.17. The zero-order valence-corrected chi connectivity index (χ0v) is 14.3. The molecule has 2 aromatic rings. The van der Waals surface area contributed by atoms with Crippen molar-refractivity contribution in [2.45, 2.75) is 52.5 Å². The van der Waals surface area contributed by atoms with Crippen LogP contribution in [0.1, 0.15) is 45.2 Å². The number of anilines is 1. The van der Waals surface area contributed by atoms with Crippen LogP contribution in [0.15, 0.2) is 18.3 Å². The van der Waals surface area contributed by atoms with Gasteiger partial charge in [0.1, 0.15) is 5.82 Å². The minimum absolute atomic E-state index is 0.454. The first-order valence-corrected chi connectivity index (χ1v) is 8.17. The molecule has 0 unspecified atom stereocenters. The van der Waals surface area contributed by atoms with Gasteiger partial charge in [-0.15, -0.1) is 0 Å². The van der Waals surface area contributed by atoms with Gasteiger partial charge in [0, 0.05) is 18.3 Å². The minimum atomic E-state index is 0.454. The standard InChI is InChI=1S/C17H25N5O/c1-12-7-10-22(21-12)16-19-14(11-15(20-16)23-4)18-13-5-8-17(2,3)9-6-13/h7,10-11,13H,5-6,8-9H2,1-4H3,(H,18,19,20). The second kappa shape index (κ2) is 6.18. The maximum absolute atomic E-state index is 5.31. The number of ether oxygens (including phenoxy) is 1. The third-order valence-electron chi connectivity index (χ3n) is 4.52. The molecule has 0 radical (unpaired) electrons. The van der Waals surface area contributed by atoms with E-state index in [1.54, 1.807) is 11.8 Å². The average molecular weight is 315 g/mol. The third kappa shape index (κ3) is 3.81. The van der Waals surface area contributed by atoms with Gasteiger partial charge in [-0.3, -0.25) is 0 Å². The Hall–Kier alpha value is -2.11. The van der Waals surface area contributed by atoms with Crippen LogP contribution < -0.4 is 10.1 Å². The number of methoxy groups -OCH3 is 1. The molecule has 0 aliphatic heterocycles. The van der Waals surface area contributed by atoms with Gasteiger partial charge in [-0.1, -0.05) is 13.8 Å². The van der Waals surface area contributed by atoms with Gasteiger partial charge in [-0.05, 0) is 44.1 Å². The van der Waals surface area contributed by atoms with Gasteiger partial charge in [0.2, 0.25) is 5.88 Å². The van der Waals surface area contributed by atoms with Crippen molar-refractivity contribution in [2.24, 2.45) is 5.41 Å². The number of aryl methyl sites for hydroxylation is 1. The number of hydrogen-bond donors (Lipinski definition) is 1. The lowest BCUT2D eigenvalue weighted by Crippen LogP contribution is -2.30. The molecule has 3 rings (SSSR count). The van der Waals surface area contributed by atoms with E-state index in [0.717, 1.165) is 24.4 Å². The van der Waals surface area contributed by atoms with Gasteiger partial charge in [0.05, 0.1) is 12.8 Å². The Balaban J connectivity index is 1.79. The molecule has 0 saturated heterocycles. The van der Waals surface area contributed by atoms with E-state index in [-0.39, 0.29) is 0 Å². The fraction of sp³-hybridized carbons (Fsp3) is 0.588. The van der Waals surface area contributed by atoms with Crippen molar-refractivity contribution < 1.29 is 4.74 Å². The first kappa shape index (κ1) is 15.8. The lowest BCUT2D eigenvalue weighted by Gasteiger charge is -2.34. The van der Waals surface area contributed by atoms with E-state index in [9.17, 15) is 0 Å². The van der Waals surface area contributed by atoms with Gasteiger partial charge in [0.25, 0.3) is 5.95 Å². The van der Waals surface area contributed by atoms with E-state index >= 15 is 0 Å². The Morgan fingerprint density at radius 1 is 1.26 bits per heavy atom. The summed E-state index contributed by atoms with van der Waals surface area (Å²) in [5.41, 5.74) is 1.39. The molecule has 1 saturated carbocycles. The Morgan fingerprint density at radius 2 is 2.00 bits per heavy atom. The number of hydrogen-bond acceptors (Lipinski definition) is 5. The molecule has 0 amide bonds. The van der Waals surface area contributed by atoms with Crippen LogP contribution in [0.4, 0.5) is 5.82 Å². The van der Waals surface area contributed by atoms with E-state index in [1.807, 2.05) is 25.3 Å². The van der Waals surface area contributed by atoms with Crippen molar-refractivity contribution >= 4 is 5.82 Å². The van der Waals surface area contributed by atoms with Gasteiger partial charge in [0.15, 0.2) is 0 Å². The fourth-order valence-electron chi connectivity index (χ4n) is 2.97. The summed E-state index contributed by atoms with van der Waals surface area (Å²) in [6, 6.07) is 4.23. The van der Waals surface area contributed by atoms with Crippen LogP contribution in [0, 0.1) is 12.3 Å². The summed E-state index contributed by atoms with van der Waals surface area (Å²) in [4.78, 5) is 8.97. The quantitative estimate of drug-likeness (QED) is 0.937. The number of rotatable bonds is 4. The minimum Gasteiger partial charge on any atom is -0.481 e. The van der Waals surface area contributed by atoms with Crippen molar-refractivity contribution in [1.82, 2.24) is 19.7 Å². The topological polar surface area (TPSA) is 64.9 Å². The molecular formula is C17H25N5O. The molecule has 1 aliphatic carbocycles. The summed E-state index contributed by atoms with van der Waals surface area (Å²) in [6.07, 6.45) is 6.65. The highest BCUT2D eigenvalue weighted by Crippen LogP contribution is 2.36. The van der Waals surface area contributed by atoms with Crippen LogP contribution in [-0.2, 0) is 0 Å². The molecule has 124 valence electrons. The summed E-state index contributed by atoms with van der Waals surface area (Å²) in [5.74, 6) is 1.86. The van der Waals surface area contributed by atoms with Crippen molar-refractivity contribution in [3.05, 3.63) is 24.0 Å². The Labute approximate surface area is 137 Å². The van der Waals surface area contributed by atoms with Crippen LogP contribution in [0.25, 0.3) is 5.95 Å². The number of aromatic nitrogens is 4. The molecule has 23 heavy (non-hydrogen) atoms. The largest absolute Gasteiger partial charge is 0.481 e. The molecule has 0 atom stereocenters. The Bertz CT molecular complexity index is 669. The second-order valence-corrected chi connectivity index (χ2v) is 7.08. The van der Waals surface area contributed by atoms with Gasteiger partial charge < -0.3 is 10.1 Å². The first-order chi connectivity index (χ1) is 10.9. The average Bonchev–Trinajstić information content (AvgIpc) is 2.96. The summed E-state index contributed by atoms with van der Waals surface area (Å²) in [5, 5.41) is 7.91. The molecular weight excluding hydrogens is 290 g/mol. The van der Waals surface area contributed by atoms with Crippen LogP contribution in [0.2, 0.25) is 0 Å². The maximum Gasteiger partial charge on any atom is 0.255 e. The second-order valence-electron chi connectivity index (χ2n) is 7.08. The van der Waals surface area contributed by atoms with Crippen molar-refractivity contribution in [3.63, 3.8) is 0 Å². The highest BCUT2D eigenvalue weighted by atomic mass is 16.5. The number of nitrogens with zero attached hydrogens (tertiary/aromatic N) is 4. The molecule has 2 heterocycles. The molecule has 1 fully saturated rings. The smallest absolute Gasteiger partial charge is 0.255 e. The van der Waals surface area contributed by atoms with Crippen LogP contribution in [-0.4, -0.2) is 32.9 Å². The normalized spacial score (nSPS) is 17.9. The summed E-state index contributed by atoms with van der Waals surface area (Å²) in [6.45, 7) is 6.63. The van der Waals surface area contributed by atoms with E-state index in [4.69, 9.17) is 4.74 Å². The third-order valence-corrected chi connectivity index (χ3v) is 4.52. The van der Waals surface area contributed by atoms with Gasteiger partial charge in [-0.25, -0.2) is 4.68 Å². The molecule has 6 heteroatoms. The monoisotopic (exact) mass is 315 g/mol. The van der Waals surface area contributed by atoms with Crippen molar-refractivity contribution in [1.29, 1.82) is 0 Å². The van der Waals surface area contributed by atoms with E-state index in [1.165, 1.54) is 12.8 Å². The fourth-order valence-corrected chi connectivity index (χ4v) is 2.97. The van der Waals surface area contributed by atoms with Gasteiger partial charge in [-0.2, -0.15) is 15.1 Å². The Morgan fingerprint density at radius 3 is 2.61 bits per heavy atom. The van der Waals surface area contributed by atoms with Crippen molar-refractivity contribution in [2.75, 3.05) is 12.4 Å². The molecule has 2 aromatic heterocycles. The van der Waals surface area contributed by atoms with Crippen LogP contribution in [0.5, 0.6) is 5.88 Å². The van der Waals surface area contributed by atoms with Crippen LogP contribution >= 0.6 is 0 Å². The Kier molecular flexibility index (Phi) is 4.24. The highest BCUT2D eigenvalue weighted by Gasteiger charge is 2.27. The molecule has 0 bridgehead atoms. The molecule has 1 N–H and O–H groups in total. The zero-order chi connectivity index (χ0) is 16.4. The van der Waals surface area contributed by atoms with E-state index < -0.39 is 0 Å². The summed E-state index contributed by atoms with van der Waals surface area (Å²) >= 11 is 0. The molecule has 0 spiro atoms. The highest BCUT2D eigenvalue weighted by molar-refractivity contribution is 5.42. The summed E-state index contributed by atoms with van der Waals surface area (Å²) < 4.78 is 6.99. The number of nitrogens with one attached hydrogen (secondary N) is 1. The van der Waals surface area contributed by atoms with Gasteiger partial charge >= 0.3 is 0 Å². The molecule has 0 aromatic carbocycles. The predicted octanol–water partition coefficient (Wildman–Crippen LogP) is 3.36. The predicted molar refractivity (Wildman–Crippen MR) is 90.1 cm³/mol. The van der Waals surface area contributed by atoms with E-state index in [0.29, 0.717) is 23.3 Å². The molecule has 6 nitrogen and oxygen atoms in total. The van der Waals surface area contributed by atoms with Crippen LogP contribution in [0.3, 0.4) is 0 Å². The summed E-state index contributed by atoms with van der Waals surface area (Å²) in [7, 11) is 1.62.